The van der Waals surface area contributed by atoms with E-state index in [1.807, 2.05) is 0 Å². The molecule has 0 fully saturated rings. The van der Waals surface area contributed by atoms with E-state index >= 15 is 0 Å². The molecule has 1 aromatic carbocycles. The summed E-state index contributed by atoms with van der Waals surface area (Å²) in [6.07, 6.45) is 1.91. The monoisotopic (exact) mass is 284 g/mol. The van der Waals surface area contributed by atoms with Crippen LogP contribution in [0.5, 0.6) is 5.75 Å². The van der Waals surface area contributed by atoms with Gasteiger partial charge >= 0.3 is 5.97 Å². The molecule has 0 saturated heterocycles. The molecule has 1 heterocycles. The highest BCUT2D eigenvalue weighted by Gasteiger charge is 2.30. The van der Waals surface area contributed by atoms with E-state index in [9.17, 15) is 14.0 Å². The van der Waals surface area contributed by atoms with E-state index < -0.39 is 11.8 Å². The SMILES string of the molecule is CCOC(=O)c1cc(F)c2c(c1SC)C(=O)CCO2. The van der Waals surface area contributed by atoms with Gasteiger partial charge in [0.15, 0.2) is 17.3 Å². The van der Waals surface area contributed by atoms with Gasteiger partial charge in [0.25, 0.3) is 0 Å². The van der Waals surface area contributed by atoms with Crippen LogP contribution >= 0.6 is 11.8 Å². The first kappa shape index (κ1) is 13.9. The number of ether oxygens (including phenoxy) is 2. The molecular formula is C13H13FO4S. The van der Waals surface area contributed by atoms with E-state index in [0.717, 1.165) is 6.07 Å². The Kier molecular flexibility index (Phi) is 4.09. The highest BCUT2D eigenvalue weighted by atomic mass is 32.2. The number of Topliss-reactive ketones (excluding diaryl/α,β-unsaturated/α-hetero) is 1. The summed E-state index contributed by atoms with van der Waals surface area (Å²) in [4.78, 5) is 24.2. The Balaban J connectivity index is 2.63. The number of rotatable bonds is 3. The average Bonchev–Trinajstić information content (AvgIpc) is 2.39. The Morgan fingerprint density at radius 2 is 2.32 bits per heavy atom. The second-order valence-electron chi connectivity index (χ2n) is 3.89. The lowest BCUT2D eigenvalue weighted by Crippen LogP contribution is -2.20. The molecule has 0 atom stereocenters. The molecule has 0 spiro atoms. The van der Waals surface area contributed by atoms with E-state index in [4.69, 9.17) is 9.47 Å². The smallest absolute Gasteiger partial charge is 0.339 e. The molecular weight excluding hydrogens is 271 g/mol. The van der Waals surface area contributed by atoms with Crippen LogP contribution < -0.4 is 4.74 Å². The third-order valence-electron chi connectivity index (χ3n) is 2.74. The number of carbonyl (C=O) groups excluding carboxylic acids is 2. The fourth-order valence-corrected chi connectivity index (χ4v) is 2.73. The van der Waals surface area contributed by atoms with Gasteiger partial charge in [-0.05, 0) is 19.2 Å². The minimum absolute atomic E-state index is 0.0614. The molecule has 1 aliphatic rings. The first-order chi connectivity index (χ1) is 9.10. The van der Waals surface area contributed by atoms with Gasteiger partial charge in [0, 0.05) is 11.3 Å². The van der Waals surface area contributed by atoms with Crippen molar-refractivity contribution in [3.05, 3.63) is 23.0 Å². The van der Waals surface area contributed by atoms with Crippen LogP contribution in [0.15, 0.2) is 11.0 Å². The van der Waals surface area contributed by atoms with E-state index in [-0.39, 0.29) is 42.3 Å². The maximum absolute atomic E-state index is 13.9. The van der Waals surface area contributed by atoms with Crippen LogP contribution in [0.25, 0.3) is 0 Å². The summed E-state index contributed by atoms with van der Waals surface area (Å²) in [5.41, 5.74) is 0.228. The second-order valence-corrected chi connectivity index (χ2v) is 4.70. The van der Waals surface area contributed by atoms with Crippen LogP contribution in [0, 0.1) is 5.82 Å². The number of thioether (sulfide) groups is 1. The van der Waals surface area contributed by atoms with Gasteiger partial charge in [-0.15, -0.1) is 11.8 Å². The van der Waals surface area contributed by atoms with Gasteiger partial charge in [0.1, 0.15) is 0 Å². The standard InChI is InChI=1S/C13H13FO4S/c1-3-17-13(16)7-6-8(14)11-10(12(7)19-2)9(15)4-5-18-11/h6H,3-5H2,1-2H3. The number of carbonyl (C=O) groups is 2. The Bertz CT molecular complexity index is 542. The molecule has 1 aliphatic heterocycles. The fourth-order valence-electron chi connectivity index (χ4n) is 1.95. The van der Waals surface area contributed by atoms with Gasteiger partial charge < -0.3 is 9.47 Å². The number of hydrogen-bond acceptors (Lipinski definition) is 5. The fraction of sp³-hybridized carbons (Fsp3) is 0.385. The zero-order valence-corrected chi connectivity index (χ0v) is 11.4. The van der Waals surface area contributed by atoms with Gasteiger partial charge in [0.05, 0.1) is 24.3 Å². The number of esters is 1. The largest absolute Gasteiger partial charge is 0.489 e. The maximum Gasteiger partial charge on any atom is 0.339 e. The van der Waals surface area contributed by atoms with Crippen molar-refractivity contribution in [1.82, 2.24) is 0 Å². The van der Waals surface area contributed by atoms with Crippen molar-refractivity contribution in [2.45, 2.75) is 18.2 Å². The highest BCUT2D eigenvalue weighted by molar-refractivity contribution is 7.98. The van der Waals surface area contributed by atoms with Crippen molar-refractivity contribution in [2.75, 3.05) is 19.5 Å². The van der Waals surface area contributed by atoms with Crippen LogP contribution in [-0.2, 0) is 4.74 Å². The van der Waals surface area contributed by atoms with Crippen molar-refractivity contribution in [2.24, 2.45) is 0 Å². The number of ketones is 1. The van der Waals surface area contributed by atoms with Crippen LogP contribution in [-0.4, -0.2) is 31.2 Å². The predicted octanol–water partition coefficient (Wildman–Crippen LogP) is 2.69. The van der Waals surface area contributed by atoms with Crippen molar-refractivity contribution in [1.29, 1.82) is 0 Å². The number of fused-ring (bicyclic) bond motifs is 1. The quantitative estimate of drug-likeness (QED) is 0.631. The molecule has 0 aliphatic carbocycles. The summed E-state index contributed by atoms with van der Waals surface area (Å²) in [6, 6.07) is 1.07. The third-order valence-corrected chi connectivity index (χ3v) is 3.57. The van der Waals surface area contributed by atoms with Gasteiger partial charge in [-0.3, -0.25) is 4.79 Å². The average molecular weight is 284 g/mol. The Morgan fingerprint density at radius 1 is 1.58 bits per heavy atom. The number of halogens is 1. The molecule has 0 bridgehead atoms. The minimum atomic E-state index is -0.705. The Hall–Kier alpha value is -1.56. The maximum atomic E-state index is 13.9. The minimum Gasteiger partial charge on any atom is -0.489 e. The van der Waals surface area contributed by atoms with Crippen molar-refractivity contribution < 1.29 is 23.5 Å². The first-order valence-corrected chi connectivity index (χ1v) is 7.06. The molecule has 19 heavy (non-hydrogen) atoms. The molecule has 2 rings (SSSR count). The van der Waals surface area contributed by atoms with Gasteiger partial charge in [0.2, 0.25) is 0 Å². The van der Waals surface area contributed by atoms with E-state index in [2.05, 4.69) is 0 Å². The summed E-state index contributed by atoms with van der Waals surface area (Å²) >= 11 is 1.21. The predicted molar refractivity (Wildman–Crippen MR) is 68.6 cm³/mol. The number of hydrogen-bond donors (Lipinski definition) is 0. The van der Waals surface area contributed by atoms with Crippen molar-refractivity contribution in [3.63, 3.8) is 0 Å². The van der Waals surface area contributed by atoms with E-state index in [1.54, 1.807) is 13.2 Å². The Labute approximate surface area is 114 Å². The van der Waals surface area contributed by atoms with Crippen LogP contribution in [0.4, 0.5) is 4.39 Å². The van der Waals surface area contributed by atoms with E-state index in [0.29, 0.717) is 4.90 Å². The zero-order chi connectivity index (χ0) is 14.0. The second kappa shape index (κ2) is 5.61. The lowest BCUT2D eigenvalue weighted by Gasteiger charge is -2.21. The van der Waals surface area contributed by atoms with Crippen LogP contribution in [0.1, 0.15) is 34.1 Å². The van der Waals surface area contributed by atoms with Gasteiger partial charge in [-0.1, -0.05) is 0 Å². The summed E-state index contributed by atoms with van der Waals surface area (Å²) in [6.45, 7) is 2.02. The summed E-state index contributed by atoms with van der Waals surface area (Å²) < 4.78 is 24.0. The molecule has 1 aromatic rings. The van der Waals surface area contributed by atoms with Crippen molar-refractivity contribution >= 4 is 23.5 Å². The summed E-state index contributed by atoms with van der Waals surface area (Å²) in [7, 11) is 0. The summed E-state index contributed by atoms with van der Waals surface area (Å²) in [5, 5.41) is 0. The molecule has 0 unspecified atom stereocenters. The summed E-state index contributed by atoms with van der Waals surface area (Å²) in [5.74, 6) is -1.61. The molecule has 0 N–H and O–H groups in total. The lowest BCUT2D eigenvalue weighted by molar-refractivity contribution is 0.0521. The van der Waals surface area contributed by atoms with Crippen LogP contribution in [0.3, 0.4) is 0 Å². The normalized spacial score (nSPS) is 13.7. The topological polar surface area (TPSA) is 52.6 Å². The third kappa shape index (κ3) is 2.45. The molecule has 0 radical (unpaired) electrons. The molecule has 0 amide bonds. The molecule has 6 heteroatoms. The molecule has 4 nitrogen and oxygen atoms in total. The molecule has 0 saturated carbocycles. The lowest BCUT2D eigenvalue weighted by atomic mass is 10.0. The van der Waals surface area contributed by atoms with Crippen LogP contribution in [0.2, 0.25) is 0 Å². The van der Waals surface area contributed by atoms with E-state index in [1.165, 1.54) is 11.8 Å². The zero-order valence-electron chi connectivity index (χ0n) is 10.6. The first-order valence-electron chi connectivity index (χ1n) is 5.83. The number of benzene rings is 1. The molecule has 102 valence electrons. The van der Waals surface area contributed by atoms with Gasteiger partial charge in [-0.2, -0.15) is 0 Å². The Morgan fingerprint density at radius 3 is 2.95 bits per heavy atom. The van der Waals surface area contributed by atoms with Gasteiger partial charge in [-0.25, -0.2) is 9.18 Å². The highest BCUT2D eigenvalue weighted by Crippen LogP contribution is 2.38. The van der Waals surface area contributed by atoms with Crippen molar-refractivity contribution in [3.8, 4) is 5.75 Å². The molecule has 0 aromatic heterocycles.